The Bertz CT molecular complexity index is 1230. The number of aryl methyl sites for hydroxylation is 2. The summed E-state index contributed by atoms with van der Waals surface area (Å²) in [5.74, 6) is -0.614. The molecule has 0 unspecified atom stereocenters. The van der Waals surface area contributed by atoms with Crippen LogP contribution in [0, 0.1) is 19.8 Å². The Balaban J connectivity index is 1.73. The maximum Gasteiger partial charge on any atom is 0.273 e. The van der Waals surface area contributed by atoms with Gasteiger partial charge in [0, 0.05) is 0 Å². The van der Waals surface area contributed by atoms with Crippen LogP contribution in [0.3, 0.4) is 0 Å². The van der Waals surface area contributed by atoms with Gasteiger partial charge in [-0.25, -0.2) is 8.42 Å². The van der Waals surface area contributed by atoms with Crippen LogP contribution in [0.15, 0.2) is 57.8 Å². The molecule has 2 aromatic carbocycles. The van der Waals surface area contributed by atoms with Gasteiger partial charge in [0.15, 0.2) is 0 Å². The summed E-state index contributed by atoms with van der Waals surface area (Å²) < 4.78 is 33.6. The van der Waals surface area contributed by atoms with E-state index in [1.165, 1.54) is 6.07 Å². The first-order chi connectivity index (χ1) is 14.6. The van der Waals surface area contributed by atoms with Crippen molar-refractivity contribution in [3.63, 3.8) is 0 Å². The highest BCUT2D eigenvalue weighted by Gasteiger charge is 2.29. The molecule has 1 aromatic heterocycles. The van der Waals surface area contributed by atoms with E-state index in [1.807, 2.05) is 24.3 Å². The van der Waals surface area contributed by atoms with Crippen LogP contribution in [0.4, 0.5) is 0 Å². The van der Waals surface area contributed by atoms with Gasteiger partial charge < -0.3 is 4.42 Å². The second kappa shape index (κ2) is 8.91. The SMILES string of the molecule is Cc1cc(C(=O)NNC(=O)[C@@H](NS(=O)(=O)c2ccc3ccccc3c2)C(C)C)c(C)o1. The summed E-state index contributed by atoms with van der Waals surface area (Å²) in [6, 6.07) is 12.6. The number of fused-ring (bicyclic) bond motifs is 1. The van der Waals surface area contributed by atoms with E-state index >= 15 is 0 Å². The molecule has 0 spiro atoms. The number of benzene rings is 2. The highest BCUT2D eigenvalue weighted by atomic mass is 32.2. The molecule has 8 nitrogen and oxygen atoms in total. The molecule has 3 N–H and O–H groups in total. The molecule has 0 saturated carbocycles. The van der Waals surface area contributed by atoms with E-state index in [9.17, 15) is 18.0 Å². The molecule has 0 fully saturated rings. The molecule has 164 valence electrons. The summed E-state index contributed by atoms with van der Waals surface area (Å²) in [5.41, 5.74) is 4.89. The molecule has 0 radical (unpaired) electrons. The molecule has 0 aliphatic heterocycles. The fourth-order valence-electron chi connectivity index (χ4n) is 3.18. The summed E-state index contributed by atoms with van der Waals surface area (Å²) in [6.07, 6.45) is 0. The van der Waals surface area contributed by atoms with Gasteiger partial charge in [-0.05, 0) is 48.7 Å². The quantitative estimate of drug-likeness (QED) is 0.507. The van der Waals surface area contributed by atoms with E-state index in [4.69, 9.17) is 4.42 Å². The largest absolute Gasteiger partial charge is 0.466 e. The average molecular weight is 444 g/mol. The third kappa shape index (κ3) is 5.12. The number of furan rings is 1. The van der Waals surface area contributed by atoms with Crippen molar-refractivity contribution in [3.8, 4) is 0 Å². The summed E-state index contributed by atoms with van der Waals surface area (Å²) in [7, 11) is -3.97. The predicted octanol–water partition coefficient (Wildman–Crippen LogP) is 2.81. The lowest BCUT2D eigenvalue weighted by molar-refractivity contribution is -0.124. The molecular weight excluding hydrogens is 418 g/mol. The molecule has 1 heterocycles. The van der Waals surface area contributed by atoms with Gasteiger partial charge in [-0.15, -0.1) is 0 Å². The van der Waals surface area contributed by atoms with Gasteiger partial charge in [0.05, 0.1) is 10.5 Å². The van der Waals surface area contributed by atoms with E-state index in [2.05, 4.69) is 15.6 Å². The Hall–Kier alpha value is -3.17. The molecule has 3 aromatic rings. The summed E-state index contributed by atoms with van der Waals surface area (Å²) in [4.78, 5) is 25.0. The van der Waals surface area contributed by atoms with Crippen molar-refractivity contribution in [1.82, 2.24) is 15.6 Å². The van der Waals surface area contributed by atoms with Crippen molar-refractivity contribution in [2.24, 2.45) is 5.92 Å². The zero-order valence-corrected chi connectivity index (χ0v) is 18.5. The van der Waals surface area contributed by atoms with Crippen molar-refractivity contribution in [2.75, 3.05) is 0 Å². The van der Waals surface area contributed by atoms with Crippen LogP contribution in [0.25, 0.3) is 10.8 Å². The number of carbonyl (C=O) groups excluding carboxylic acids is 2. The zero-order valence-electron chi connectivity index (χ0n) is 17.7. The number of rotatable bonds is 6. The Morgan fingerprint density at radius 1 is 0.935 bits per heavy atom. The van der Waals surface area contributed by atoms with Crippen LogP contribution in [-0.2, 0) is 14.8 Å². The van der Waals surface area contributed by atoms with Gasteiger partial charge in [0.25, 0.3) is 11.8 Å². The van der Waals surface area contributed by atoms with Crippen LogP contribution in [0.2, 0.25) is 0 Å². The topological polar surface area (TPSA) is 118 Å². The summed E-state index contributed by atoms with van der Waals surface area (Å²) >= 11 is 0. The van der Waals surface area contributed by atoms with Crippen molar-refractivity contribution >= 4 is 32.6 Å². The Morgan fingerprint density at radius 3 is 2.23 bits per heavy atom. The molecule has 1 atom stereocenters. The van der Waals surface area contributed by atoms with E-state index in [0.29, 0.717) is 11.5 Å². The first kappa shape index (κ1) is 22.5. The Labute approximate surface area is 181 Å². The first-order valence-corrected chi connectivity index (χ1v) is 11.2. The Morgan fingerprint density at radius 2 is 1.61 bits per heavy atom. The summed E-state index contributed by atoms with van der Waals surface area (Å²) in [5, 5.41) is 1.68. The number of sulfonamides is 1. The number of hydrogen-bond acceptors (Lipinski definition) is 5. The monoisotopic (exact) mass is 443 g/mol. The maximum atomic E-state index is 12.9. The molecule has 0 aliphatic rings. The van der Waals surface area contributed by atoms with Crippen molar-refractivity contribution in [1.29, 1.82) is 0 Å². The molecule has 9 heteroatoms. The molecule has 31 heavy (non-hydrogen) atoms. The maximum absolute atomic E-state index is 12.9. The van der Waals surface area contributed by atoms with Gasteiger partial charge in [0.2, 0.25) is 10.0 Å². The van der Waals surface area contributed by atoms with E-state index < -0.39 is 27.9 Å². The van der Waals surface area contributed by atoms with Gasteiger partial charge in [-0.1, -0.05) is 44.2 Å². The van der Waals surface area contributed by atoms with E-state index in [0.717, 1.165) is 10.8 Å². The normalized spacial score (nSPS) is 12.7. The molecular formula is C22H25N3O5S. The van der Waals surface area contributed by atoms with Gasteiger partial charge >= 0.3 is 0 Å². The van der Waals surface area contributed by atoms with Crippen molar-refractivity contribution < 1.29 is 22.4 Å². The number of amides is 2. The van der Waals surface area contributed by atoms with E-state index in [1.54, 1.807) is 45.9 Å². The van der Waals surface area contributed by atoms with Crippen LogP contribution in [0.1, 0.15) is 35.7 Å². The van der Waals surface area contributed by atoms with Gasteiger partial charge in [-0.3, -0.25) is 20.4 Å². The predicted molar refractivity (Wildman–Crippen MR) is 117 cm³/mol. The van der Waals surface area contributed by atoms with Gasteiger partial charge in [0.1, 0.15) is 17.6 Å². The molecule has 3 rings (SSSR count). The van der Waals surface area contributed by atoms with Crippen molar-refractivity contribution in [2.45, 2.75) is 38.6 Å². The minimum atomic E-state index is -3.97. The number of nitrogens with one attached hydrogen (secondary N) is 3. The lowest BCUT2D eigenvalue weighted by Crippen LogP contribution is -2.54. The Kier molecular flexibility index (Phi) is 6.47. The lowest BCUT2D eigenvalue weighted by Gasteiger charge is -2.22. The standard InChI is InChI=1S/C22H25N3O5S/c1-13(2)20(22(27)24-23-21(26)19-11-14(3)30-15(19)4)25-31(28,29)18-10-9-16-7-5-6-8-17(16)12-18/h5-13,20,25H,1-4H3,(H,23,26)(H,24,27)/t20-/m0/s1. The third-order valence-corrected chi connectivity index (χ3v) is 6.29. The zero-order chi connectivity index (χ0) is 22.8. The van der Waals surface area contributed by atoms with Crippen LogP contribution < -0.4 is 15.6 Å². The summed E-state index contributed by atoms with van der Waals surface area (Å²) in [6.45, 7) is 6.76. The second-order valence-corrected chi connectivity index (χ2v) is 9.34. The van der Waals surface area contributed by atoms with Crippen LogP contribution in [-0.4, -0.2) is 26.3 Å². The first-order valence-electron chi connectivity index (χ1n) is 9.77. The van der Waals surface area contributed by atoms with Crippen LogP contribution >= 0.6 is 0 Å². The lowest BCUT2D eigenvalue weighted by atomic mass is 10.1. The molecule has 0 bridgehead atoms. The average Bonchev–Trinajstić information content (AvgIpc) is 3.07. The smallest absolute Gasteiger partial charge is 0.273 e. The number of hydrogen-bond donors (Lipinski definition) is 3. The second-order valence-electron chi connectivity index (χ2n) is 7.62. The molecule has 2 amide bonds. The fourth-order valence-corrected chi connectivity index (χ4v) is 4.56. The fraction of sp³-hybridized carbons (Fsp3) is 0.273. The molecule has 0 saturated heterocycles. The van der Waals surface area contributed by atoms with E-state index in [-0.39, 0.29) is 16.4 Å². The van der Waals surface area contributed by atoms with Crippen LogP contribution in [0.5, 0.6) is 0 Å². The minimum Gasteiger partial charge on any atom is -0.466 e. The number of carbonyl (C=O) groups is 2. The highest BCUT2D eigenvalue weighted by Crippen LogP contribution is 2.20. The highest BCUT2D eigenvalue weighted by molar-refractivity contribution is 7.89. The molecule has 0 aliphatic carbocycles. The number of hydrazine groups is 1. The third-order valence-electron chi connectivity index (χ3n) is 4.85. The minimum absolute atomic E-state index is 0.0539. The van der Waals surface area contributed by atoms with Crippen molar-refractivity contribution in [3.05, 3.63) is 65.6 Å². The van der Waals surface area contributed by atoms with Gasteiger partial charge in [-0.2, -0.15) is 4.72 Å².